The summed E-state index contributed by atoms with van der Waals surface area (Å²) in [7, 11) is 1.89. The van der Waals surface area contributed by atoms with Crippen LogP contribution in [0.3, 0.4) is 0 Å². The fraction of sp³-hybridized carbons (Fsp3) is 0.786. The first-order valence-corrected chi connectivity index (χ1v) is 7.65. The van der Waals surface area contributed by atoms with Gasteiger partial charge in [0.15, 0.2) is 0 Å². The Morgan fingerprint density at radius 3 is 2.53 bits per heavy atom. The highest BCUT2D eigenvalue weighted by molar-refractivity contribution is 6.30. The minimum Gasteiger partial charge on any atom is -0.271 e. The average molecular weight is 283 g/mol. The van der Waals surface area contributed by atoms with Gasteiger partial charge in [-0.15, -0.1) is 0 Å². The Balaban J connectivity index is 1.73. The summed E-state index contributed by atoms with van der Waals surface area (Å²) in [5.41, 5.74) is 5.21. The standard InChI is InChI=1S/C14H23ClN4/c1-8-11(14(15)19(2)18-8)7-12(17-16)13-9-5-3-4-6-10(9)13/h9-10,12-13,17H,3-7,16H2,1-2H3. The first-order valence-electron chi connectivity index (χ1n) is 7.27. The zero-order chi connectivity index (χ0) is 13.6. The summed E-state index contributed by atoms with van der Waals surface area (Å²) in [4.78, 5) is 0. The van der Waals surface area contributed by atoms with E-state index in [1.807, 2.05) is 14.0 Å². The molecule has 2 aliphatic carbocycles. The van der Waals surface area contributed by atoms with Gasteiger partial charge in [0.1, 0.15) is 5.15 Å². The Morgan fingerprint density at radius 1 is 1.42 bits per heavy atom. The second kappa shape index (κ2) is 5.08. The van der Waals surface area contributed by atoms with E-state index < -0.39 is 0 Å². The largest absolute Gasteiger partial charge is 0.271 e. The fourth-order valence-corrected chi connectivity index (χ4v) is 4.33. The Morgan fingerprint density at radius 2 is 2.05 bits per heavy atom. The number of rotatable bonds is 4. The third-order valence-electron chi connectivity index (χ3n) is 5.10. The van der Waals surface area contributed by atoms with Crippen LogP contribution in [0.4, 0.5) is 0 Å². The number of hydrogen-bond donors (Lipinski definition) is 2. The maximum Gasteiger partial charge on any atom is 0.130 e. The van der Waals surface area contributed by atoms with E-state index in [1.165, 1.54) is 25.7 Å². The van der Waals surface area contributed by atoms with Crippen molar-refractivity contribution in [1.82, 2.24) is 15.2 Å². The zero-order valence-electron chi connectivity index (χ0n) is 11.7. The van der Waals surface area contributed by atoms with Crippen molar-refractivity contribution in [3.8, 4) is 0 Å². The van der Waals surface area contributed by atoms with Crippen LogP contribution in [0.1, 0.15) is 36.9 Å². The molecular formula is C14H23ClN4. The van der Waals surface area contributed by atoms with Crippen molar-refractivity contribution in [2.45, 2.75) is 45.1 Å². The molecule has 0 radical (unpaired) electrons. The lowest BCUT2D eigenvalue weighted by Gasteiger charge is -2.16. The lowest BCUT2D eigenvalue weighted by molar-refractivity contribution is 0.436. The predicted octanol–water partition coefficient (Wildman–Crippen LogP) is 2.19. The van der Waals surface area contributed by atoms with Gasteiger partial charge < -0.3 is 0 Å². The molecule has 2 saturated carbocycles. The molecule has 2 aliphatic rings. The van der Waals surface area contributed by atoms with Gasteiger partial charge in [-0.2, -0.15) is 5.10 Å². The molecule has 0 aromatic carbocycles. The van der Waals surface area contributed by atoms with Crippen molar-refractivity contribution in [2.75, 3.05) is 0 Å². The molecule has 3 atom stereocenters. The van der Waals surface area contributed by atoms with E-state index >= 15 is 0 Å². The van der Waals surface area contributed by atoms with Crippen molar-refractivity contribution < 1.29 is 0 Å². The molecule has 3 rings (SSSR count). The van der Waals surface area contributed by atoms with Crippen LogP contribution < -0.4 is 11.3 Å². The maximum absolute atomic E-state index is 6.32. The number of nitrogens with one attached hydrogen (secondary N) is 1. The van der Waals surface area contributed by atoms with Crippen LogP contribution in [0.25, 0.3) is 0 Å². The summed E-state index contributed by atoms with van der Waals surface area (Å²) in [6.07, 6.45) is 6.44. The van der Waals surface area contributed by atoms with Gasteiger partial charge >= 0.3 is 0 Å². The number of aromatic nitrogens is 2. The molecule has 5 heteroatoms. The SMILES string of the molecule is Cc1nn(C)c(Cl)c1CC(NN)C1C2CCCCC21. The summed E-state index contributed by atoms with van der Waals surface area (Å²) in [6, 6.07) is 0.341. The van der Waals surface area contributed by atoms with Gasteiger partial charge in [-0.3, -0.25) is 16.0 Å². The zero-order valence-corrected chi connectivity index (χ0v) is 12.5. The van der Waals surface area contributed by atoms with Crippen molar-refractivity contribution in [3.63, 3.8) is 0 Å². The van der Waals surface area contributed by atoms with Gasteiger partial charge in [-0.25, -0.2) is 0 Å². The topological polar surface area (TPSA) is 55.9 Å². The molecule has 0 spiro atoms. The predicted molar refractivity (Wildman–Crippen MR) is 76.7 cm³/mol. The summed E-state index contributed by atoms with van der Waals surface area (Å²) in [5, 5.41) is 5.14. The maximum atomic E-state index is 6.32. The number of hydrazine groups is 1. The van der Waals surface area contributed by atoms with Crippen LogP contribution in [-0.2, 0) is 13.5 Å². The molecule has 0 saturated heterocycles. The highest BCUT2D eigenvalue weighted by Crippen LogP contribution is 2.57. The van der Waals surface area contributed by atoms with Crippen LogP contribution in [0, 0.1) is 24.7 Å². The summed E-state index contributed by atoms with van der Waals surface area (Å²) in [5.74, 6) is 8.33. The lowest BCUT2D eigenvalue weighted by atomic mass is 10.0. The summed E-state index contributed by atoms with van der Waals surface area (Å²) in [6.45, 7) is 2.02. The third-order valence-corrected chi connectivity index (χ3v) is 5.57. The van der Waals surface area contributed by atoms with Gasteiger partial charge in [0.25, 0.3) is 0 Å². The molecular weight excluding hydrogens is 260 g/mol. The molecule has 0 bridgehead atoms. The molecule has 1 heterocycles. The monoisotopic (exact) mass is 282 g/mol. The van der Waals surface area contributed by atoms with Crippen LogP contribution in [0.2, 0.25) is 5.15 Å². The number of aryl methyl sites for hydroxylation is 2. The van der Waals surface area contributed by atoms with E-state index in [4.69, 9.17) is 17.4 Å². The molecule has 1 aromatic rings. The van der Waals surface area contributed by atoms with E-state index in [-0.39, 0.29) is 0 Å². The van der Waals surface area contributed by atoms with Crippen molar-refractivity contribution in [3.05, 3.63) is 16.4 Å². The Kier molecular flexibility index (Phi) is 3.58. The minimum atomic E-state index is 0.341. The molecule has 2 fully saturated rings. The Bertz CT molecular complexity index is 458. The molecule has 19 heavy (non-hydrogen) atoms. The summed E-state index contributed by atoms with van der Waals surface area (Å²) < 4.78 is 1.75. The van der Waals surface area contributed by atoms with Crippen LogP contribution >= 0.6 is 11.6 Å². The smallest absolute Gasteiger partial charge is 0.130 e. The minimum absolute atomic E-state index is 0.341. The van der Waals surface area contributed by atoms with E-state index in [0.717, 1.165) is 40.6 Å². The Labute approximate surface area is 119 Å². The third kappa shape index (κ3) is 2.30. The van der Waals surface area contributed by atoms with Crippen LogP contribution in [0.15, 0.2) is 0 Å². The van der Waals surface area contributed by atoms with E-state index in [2.05, 4.69) is 10.5 Å². The molecule has 106 valence electrons. The van der Waals surface area contributed by atoms with Crippen LogP contribution in [0.5, 0.6) is 0 Å². The Hall–Kier alpha value is -0.580. The molecule has 3 unspecified atom stereocenters. The van der Waals surface area contributed by atoms with E-state index in [9.17, 15) is 0 Å². The van der Waals surface area contributed by atoms with E-state index in [1.54, 1.807) is 4.68 Å². The van der Waals surface area contributed by atoms with E-state index in [0.29, 0.717) is 6.04 Å². The molecule has 4 nitrogen and oxygen atoms in total. The normalized spacial score (nSPS) is 31.1. The molecule has 0 aliphatic heterocycles. The first kappa shape index (κ1) is 13.4. The van der Waals surface area contributed by atoms with Crippen molar-refractivity contribution >= 4 is 11.6 Å². The van der Waals surface area contributed by atoms with Gasteiger partial charge in [-0.05, 0) is 43.9 Å². The second-order valence-corrected chi connectivity index (χ2v) is 6.50. The second-order valence-electron chi connectivity index (χ2n) is 6.15. The highest BCUT2D eigenvalue weighted by Gasteiger charge is 2.53. The number of hydrogen-bond acceptors (Lipinski definition) is 3. The number of nitrogens with two attached hydrogens (primary N) is 1. The van der Waals surface area contributed by atoms with Crippen LogP contribution in [-0.4, -0.2) is 15.8 Å². The van der Waals surface area contributed by atoms with Crippen molar-refractivity contribution in [2.24, 2.45) is 30.6 Å². The van der Waals surface area contributed by atoms with Gasteiger partial charge in [0.05, 0.1) is 5.69 Å². The highest BCUT2D eigenvalue weighted by atomic mass is 35.5. The van der Waals surface area contributed by atoms with Gasteiger partial charge in [0.2, 0.25) is 0 Å². The quantitative estimate of drug-likeness (QED) is 0.657. The molecule has 3 N–H and O–H groups in total. The fourth-order valence-electron chi connectivity index (χ4n) is 4.08. The molecule has 0 amide bonds. The lowest BCUT2D eigenvalue weighted by Crippen LogP contribution is -2.39. The molecule has 1 aromatic heterocycles. The number of halogens is 1. The number of nitrogens with zero attached hydrogens (tertiary/aromatic N) is 2. The number of fused-ring (bicyclic) bond motifs is 1. The average Bonchev–Trinajstić information content (AvgIpc) is 3.07. The van der Waals surface area contributed by atoms with Crippen molar-refractivity contribution in [1.29, 1.82) is 0 Å². The first-order chi connectivity index (χ1) is 9.13. The van der Waals surface area contributed by atoms with Gasteiger partial charge in [-0.1, -0.05) is 24.4 Å². The van der Waals surface area contributed by atoms with Gasteiger partial charge in [0, 0.05) is 18.7 Å². The summed E-state index contributed by atoms with van der Waals surface area (Å²) >= 11 is 6.32.